The van der Waals surface area contributed by atoms with Crippen molar-refractivity contribution in [3.63, 3.8) is 0 Å². The Morgan fingerprint density at radius 1 is 1.38 bits per heavy atom. The Morgan fingerprint density at radius 2 is 2.19 bits per heavy atom. The van der Waals surface area contributed by atoms with Crippen molar-refractivity contribution in [2.75, 3.05) is 33.2 Å². The summed E-state index contributed by atoms with van der Waals surface area (Å²) in [6, 6.07) is 0.376. The van der Waals surface area contributed by atoms with Crippen LogP contribution in [-0.4, -0.2) is 67.1 Å². The highest BCUT2D eigenvalue weighted by Crippen LogP contribution is 2.27. The molecule has 2 saturated heterocycles. The second-order valence-corrected chi connectivity index (χ2v) is 7.71. The summed E-state index contributed by atoms with van der Waals surface area (Å²) in [5.74, 6) is 0. The van der Waals surface area contributed by atoms with E-state index in [-0.39, 0.29) is 5.03 Å². The van der Waals surface area contributed by atoms with Gasteiger partial charge in [-0.3, -0.25) is 10.00 Å². The number of nitrogens with zero attached hydrogens (tertiary/aromatic N) is 3. The minimum atomic E-state index is -3.51. The maximum atomic E-state index is 12.9. The first kappa shape index (κ1) is 15.0. The van der Waals surface area contributed by atoms with Gasteiger partial charge < -0.3 is 5.32 Å². The fourth-order valence-corrected chi connectivity index (χ4v) is 4.96. The third-order valence-electron chi connectivity index (χ3n) is 4.52. The van der Waals surface area contributed by atoms with Gasteiger partial charge in [-0.05, 0) is 33.4 Å². The number of sulfonamides is 1. The Labute approximate surface area is 125 Å². The van der Waals surface area contributed by atoms with E-state index in [2.05, 4.69) is 20.4 Å². The predicted octanol–water partition coefficient (Wildman–Crippen LogP) is -0.0938. The maximum absolute atomic E-state index is 12.9. The van der Waals surface area contributed by atoms with Gasteiger partial charge in [0.15, 0.2) is 5.03 Å². The first-order valence-corrected chi connectivity index (χ1v) is 8.90. The summed E-state index contributed by atoms with van der Waals surface area (Å²) in [5.41, 5.74) is 1.55. The lowest BCUT2D eigenvalue weighted by Gasteiger charge is -2.36. The van der Waals surface area contributed by atoms with Crippen LogP contribution < -0.4 is 5.32 Å². The van der Waals surface area contributed by atoms with Gasteiger partial charge in [-0.1, -0.05) is 0 Å². The van der Waals surface area contributed by atoms with Crippen LogP contribution in [0.3, 0.4) is 0 Å². The number of hydrogen-bond donors (Lipinski definition) is 2. The van der Waals surface area contributed by atoms with Crippen LogP contribution in [0.15, 0.2) is 5.03 Å². The molecule has 0 aliphatic carbocycles. The lowest BCUT2D eigenvalue weighted by Crippen LogP contribution is -2.52. The van der Waals surface area contributed by atoms with Crippen molar-refractivity contribution in [2.24, 2.45) is 0 Å². The van der Waals surface area contributed by atoms with Crippen LogP contribution >= 0.6 is 0 Å². The average molecular weight is 313 g/mol. The van der Waals surface area contributed by atoms with Crippen molar-refractivity contribution in [2.45, 2.75) is 37.4 Å². The van der Waals surface area contributed by atoms with Gasteiger partial charge in [0.1, 0.15) is 0 Å². The van der Waals surface area contributed by atoms with Crippen LogP contribution in [0.5, 0.6) is 0 Å². The number of nitrogens with one attached hydrogen (secondary N) is 2. The minimum Gasteiger partial charge on any atom is -0.316 e. The Morgan fingerprint density at radius 3 is 2.95 bits per heavy atom. The van der Waals surface area contributed by atoms with Gasteiger partial charge >= 0.3 is 0 Å². The molecule has 1 aromatic rings. The number of piperazine rings is 1. The SMILES string of the molecule is CNCc1c(S(=O)(=O)N2CCN3CCCC3C2)n[nH]c1C. The van der Waals surface area contributed by atoms with E-state index in [1.54, 1.807) is 11.4 Å². The first-order chi connectivity index (χ1) is 10.0. The molecule has 2 aliphatic heterocycles. The summed E-state index contributed by atoms with van der Waals surface area (Å²) in [6.45, 7) is 5.44. The van der Waals surface area contributed by atoms with E-state index in [1.807, 2.05) is 6.92 Å². The summed E-state index contributed by atoms with van der Waals surface area (Å²) in [6.07, 6.45) is 2.26. The molecule has 2 N–H and O–H groups in total. The standard InChI is InChI=1S/C13H23N5O2S/c1-10-12(8-14-2)13(16-15-10)21(19,20)18-7-6-17-5-3-4-11(17)9-18/h11,14H,3-9H2,1-2H3,(H,15,16). The summed E-state index contributed by atoms with van der Waals surface area (Å²) in [7, 11) is -1.70. The molecule has 0 amide bonds. The number of aryl methyl sites for hydroxylation is 1. The van der Waals surface area contributed by atoms with Crippen LogP contribution in [0, 0.1) is 6.92 Å². The fourth-order valence-electron chi connectivity index (χ4n) is 3.33. The Bertz CT molecular complexity index is 612. The molecule has 0 saturated carbocycles. The molecule has 1 atom stereocenters. The Balaban J connectivity index is 1.87. The summed E-state index contributed by atoms with van der Waals surface area (Å²) in [5, 5.41) is 10.1. The highest BCUT2D eigenvalue weighted by atomic mass is 32.2. The zero-order valence-electron chi connectivity index (χ0n) is 12.6. The van der Waals surface area contributed by atoms with Crippen molar-refractivity contribution in [1.29, 1.82) is 0 Å². The first-order valence-electron chi connectivity index (χ1n) is 7.46. The van der Waals surface area contributed by atoms with Crippen LogP contribution in [0.1, 0.15) is 24.1 Å². The molecule has 8 heteroatoms. The molecule has 0 spiro atoms. The zero-order valence-corrected chi connectivity index (χ0v) is 13.4. The number of hydrogen-bond acceptors (Lipinski definition) is 5. The highest BCUT2D eigenvalue weighted by Gasteiger charge is 2.38. The number of H-pyrrole nitrogens is 1. The minimum absolute atomic E-state index is 0.181. The molecule has 3 rings (SSSR count). The number of aromatic nitrogens is 2. The Kier molecular flexibility index (Phi) is 4.04. The predicted molar refractivity (Wildman–Crippen MR) is 79.4 cm³/mol. The van der Waals surface area contributed by atoms with Gasteiger partial charge in [-0.25, -0.2) is 8.42 Å². The van der Waals surface area contributed by atoms with Gasteiger partial charge in [0.2, 0.25) is 0 Å². The molecule has 0 bridgehead atoms. The van der Waals surface area contributed by atoms with Gasteiger partial charge in [0.05, 0.1) is 0 Å². The van der Waals surface area contributed by atoms with Gasteiger partial charge in [-0.15, -0.1) is 0 Å². The zero-order chi connectivity index (χ0) is 15.0. The van der Waals surface area contributed by atoms with Gasteiger partial charge in [0.25, 0.3) is 10.0 Å². The second kappa shape index (κ2) is 5.68. The molecular weight excluding hydrogens is 290 g/mol. The van der Waals surface area contributed by atoms with Crippen molar-refractivity contribution in [3.8, 4) is 0 Å². The summed E-state index contributed by atoms with van der Waals surface area (Å²) >= 11 is 0. The maximum Gasteiger partial charge on any atom is 0.262 e. The smallest absolute Gasteiger partial charge is 0.262 e. The molecule has 2 aliphatic rings. The third kappa shape index (κ3) is 2.61. The summed E-state index contributed by atoms with van der Waals surface area (Å²) in [4.78, 5) is 2.40. The van der Waals surface area contributed by atoms with Crippen LogP contribution in [0.2, 0.25) is 0 Å². The normalized spacial score (nSPS) is 24.4. The Hall–Kier alpha value is -0.960. The van der Waals surface area contributed by atoms with E-state index < -0.39 is 10.0 Å². The quantitative estimate of drug-likeness (QED) is 0.812. The molecule has 1 aromatic heterocycles. The van der Waals surface area contributed by atoms with E-state index in [1.165, 1.54) is 6.42 Å². The number of aromatic amines is 1. The van der Waals surface area contributed by atoms with E-state index in [4.69, 9.17) is 0 Å². The van der Waals surface area contributed by atoms with E-state index in [0.717, 1.165) is 30.8 Å². The highest BCUT2D eigenvalue weighted by molar-refractivity contribution is 7.89. The molecule has 7 nitrogen and oxygen atoms in total. The van der Waals surface area contributed by atoms with E-state index >= 15 is 0 Å². The molecule has 0 radical (unpaired) electrons. The van der Waals surface area contributed by atoms with Gasteiger partial charge in [-0.2, -0.15) is 9.40 Å². The molecule has 2 fully saturated rings. The van der Waals surface area contributed by atoms with Crippen LogP contribution in [0.4, 0.5) is 0 Å². The number of fused-ring (bicyclic) bond motifs is 1. The van der Waals surface area contributed by atoms with E-state index in [0.29, 0.717) is 25.7 Å². The topological polar surface area (TPSA) is 81.3 Å². The monoisotopic (exact) mass is 313 g/mol. The van der Waals surface area contributed by atoms with Crippen LogP contribution in [-0.2, 0) is 16.6 Å². The molecular formula is C13H23N5O2S. The van der Waals surface area contributed by atoms with Crippen molar-refractivity contribution in [3.05, 3.63) is 11.3 Å². The van der Waals surface area contributed by atoms with Crippen molar-refractivity contribution < 1.29 is 8.42 Å². The second-order valence-electron chi connectivity index (χ2n) is 5.86. The molecule has 118 valence electrons. The lowest BCUT2D eigenvalue weighted by atomic mass is 10.2. The fraction of sp³-hybridized carbons (Fsp3) is 0.769. The number of rotatable bonds is 4. The van der Waals surface area contributed by atoms with Crippen LogP contribution in [0.25, 0.3) is 0 Å². The van der Waals surface area contributed by atoms with Crippen molar-refractivity contribution in [1.82, 2.24) is 24.7 Å². The van der Waals surface area contributed by atoms with E-state index in [9.17, 15) is 8.42 Å². The lowest BCUT2D eigenvalue weighted by molar-refractivity contribution is 0.158. The molecule has 1 unspecified atom stereocenters. The molecule has 21 heavy (non-hydrogen) atoms. The summed E-state index contributed by atoms with van der Waals surface area (Å²) < 4.78 is 27.4. The molecule has 3 heterocycles. The third-order valence-corrected chi connectivity index (χ3v) is 6.36. The average Bonchev–Trinajstić information content (AvgIpc) is 3.06. The van der Waals surface area contributed by atoms with Crippen molar-refractivity contribution >= 4 is 10.0 Å². The largest absolute Gasteiger partial charge is 0.316 e. The molecule has 0 aromatic carbocycles. The van der Waals surface area contributed by atoms with Gasteiger partial charge in [0, 0.05) is 43.5 Å².